The molecule has 3 N–H and O–H groups in total. The van der Waals surface area contributed by atoms with Gasteiger partial charge in [0.05, 0.1) is 11.8 Å². The first-order valence-corrected chi connectivity index (χ1v) is 7.51. The minimum atomic E-state index is -1.06. The smallest absolute Gasteiger partial charge is 0.341 e. The Morgan fingerprint density at radius 3 is 2.58 bits per heavy atom. The topological polar surface area (TPSA) is 108 Å². The van der Waals surface area contributed by atoms with E-state index in [1.54, 1.807) is 30.3 Å². The van der Waals surface area contributed by atoms with E-state index in [2.05, 4.69) is 26.5 Å². The molecule has 0 saturated carbocycles. The third-order valence-corrected chi connectivity index (χ3v) is 3.32. The first kappa shape index (κ1) is 17.5. The van der Waals surface area contributed by atoms with E-state index in [1.807, 2.05) is 0 Å². The van der Waals surface area contributed by atoms with E-state index in [-0.39, 0.29) is 11.3 Å². The number of carbonyl (C=O) groups excluding carboxylic acids is 1. The van der Waals surface area contributed by atoms with Gasteiger partial charge in [-0.15, -0.1) is 0 Å². The molecule has 124 valence electrons. The SMILES string of the molecule is O=C(O)COc1ccc(/C=N/NC(=O)c2cc(Br)ccc2O)cc1. The summed E-state index contributed by atoms with van der Waals surface area (Å²) in [5.41, 5.74) is 3.08. The van der Waals surface area contributed by atoms with Gasteiger partial charge in [-0.05, 0) is 48.0 Å². The summed E-state index contributed by atoms with van der Waals surface area (Å²) in [7, 11) is 0. The molecular weight excluding hydrogens is 380 g/mol. The largest absolute Gasteiger partial charge is 0.507 e. The number of nitrogens with one attached hydrogen (secondary N) is 1. The van der Waals surface area contributed by atoms with Crippen LogP contribution in [0.15, 0.2) is 52.0 Å². The molecule has 2 aromatic carbocycles. The number of rotatable bonds is 6. The van der Waals surface area contributed by atoms with Gasteiger partial charge in [-0.3, -0.25) is 4.79 Å². The average Bonchev–Trinajstić information content (AvgIpc) is 2.56. The lowest BCUT2D eigenvalue weighted by atomic mass is 10.2. The summed E-state index contributed by atoms with van der Waals surface area (Å²) < 4.78 is 5.66. The number of aliphatic carboxylic acids is 1. The van der Waals surface area contributed by atoms with Crippen LogP contribution >= 0.6 is 15.9 Å². The first-order chi connectivity index (χ1) is 11.5. The minimum Gasteiger partial charge on any atom is -0.507 e. The van der Waals surface area contributed by atoms with Crippen LogP contribution in [0.3, 0.4) is 0 Å². The number of hydrogen-bond donors (Lipinski definition) is 3. The summed E-state index contributed by atoms with van der Waals surface area (Å²) in [6.07, 6.45) is 1.41. The molecule has 2 aromatic rings. The molecule has 0 fully saturated rings. The molecule has 0 aliphatic rings. The summed E-state index contributed by atoms with van der Waals surface area (Å²) >= 11 is 3.22. The maximum atomic E-state index is 11.9. The van der Waals surface area contributed by atoms with Crippen LogP contribution in [0, 0.1) is 0 Å². The molecule has 0 unspecified atom stereocenters. The Bertz CT molecular complexity index is 775. The molecule has 0 radical (unpaired) electrons. The number of phenols is 1. The Morgan fingerprint density at radius 1 is 1.21 bits per heavy atom. The Balaban J connectivity index is 1.95. The molecule has 0 aliphatic heterocycles. The number of hydrogen-bond acceptors (Lipinski definition) is 5. The monoisotopic (exact) mass is 392 g/mol. The number of carboxylic acid groups (broad SMARTS) is 1. The van der Waals surface area contributed by atoms with Gasteiger partial charge < -0.3 is 14.9 Å². The fourth-order valence-corrected chi connectivity index (χ4v) is 2.07. The van der Waals surface area contributed by atoms with Gasteiger partial charge in [0, 0.05) is 4.47 Å². The number of carbonyl (C=O) groups is 2. The Hall–Kier alpha value is -2.87. The fraction of sp³-hybridized carbons (Fsp3) is 0.0625. The zero-order valence-corrected chi connectivity index (χ0v) is 13.9. The number of nitrogens with zero attached hydrogens (tertiary/aromatic N) is 1. The molecule has 7 nitrogen and oxygen atoms in total. The maximum Gasteiger partial charge on any atom is 0.341 e. The highest BCUT2D eigenvalue weighted by molar-refractivity contribution is 9.10. The Labute approximate surface area is 145 Å². The summed E-state index contributed by atoms with van der Waals surface area (Å²) in [5.74, 6) is -1.34. The van der Waals surface area contributed by atoms with Crippen molar-refractivity contribution < 1.29 is 24.5 Å². The van der Waals surface area contributed by atoms with Gasteiger partial charge >= 0.3 is 5.97 Å². The lowest BCUT2D eigenvalue weighted by Gasteiger charge is -2.04. The standard InChI is InChI=1S/C16H13BrN2O5/c17-11-3-6-14(20)13(7-11)16(23)19-18-8-10-1-4-12(5-2-10)24-9-15(21)22/h1-8,20H,9H2,(H,19,23)(H,21,22)/b18-8+. The molecule has 0 saturated heterocycles. The van der Waals surface area contributed by atoms with E-state index in [0.29, 0.717) is 15.8 Å². The highest BCUT2D eigenvalue weighted by atomic mass is 79.9. The van der Waals surface area contributed by atoms with Crippen LogP contribution in [0.4, 0.5) is 0 Å². The number of benzene rings is 2. The van der Waals surface area contributed by atoms with Crippen LogP contribution in [0.2, 0.25) is 0 Å². The van der Waals surface area contributed by atoms with Crippen molar-refractivity contribution in [1.82, 2.24) is 5.43 Å². The Kier molecular flexibility index (Phi) is 5.91. The van der Waals surface area contributed by atoms with Gasteiger partial charge in [-0.25, -0.2) is 10.2 Å². The number of ether oxygens (including phenoxy) is 1. The van der Waals surface area contributed by atoms with Gasteiger partial charge in [0.1, 0.15) is 11.5 Å². The van der Waals surface area contributed by atoms with Crippen LogP contribution in [0.5, 0.6) is 11.5 Å². The predicted octanol–water partition coefficient (Wildman–Crippen LogP) is 2.38. The van der Waals surface area contributed by atoms with Crippen molar-refractivity contribution in [2.24, 2.45) is 5.10 Å². The van der Waals surface area contributed by atoms with Crippen LogP contribution in [-0.4, -0.2) is 34.9 Å². The van der Waals surface area contributed by atoms with Crippen LogP contribution < -0.4 is 10.2 Å². The summed E-state index contributed by atoms with van der Waals surface area (Å²) in [6.45, 7) is -0.417. The predicted molar refractivity (Wildman–Crippen MR) is 90.4 cm³/mol. The molecule has 8 heteroatoms. The van der Waals surface area contributed by atoms with Crippen molar-refractivity contribution in [2.45, 2.75) is 0 Å². The molecule has 0 atom stereocenters. The number of halogens is 1. The lowest BCUT2D eigenvalue weighted by molar-refractivity contribution is -0.139. The van der Waals surface area contributed by atoms with Crippen molar-refractivity contribution in [3.63, 3.8) is 0 Å². The average molecular weight is 393 g/mol. The van der Waals surface area contributed by atoms with Gasteiger partial charge in [-0.2, -0.15) is 5.10 Å². The second kappa shape index (κ2) is 8.11. The van der Waals surface area contributed by atoms with Crippen molar-refractivity contribution in [2.75, 3.05) is 6.61 Å². The van der Waals surface area contributed by atoms with Gasteiger partial charge in [0.2, 0.25) is 0 Å². The number of phenolic OH excluding ortho intramolecular Hbond substituents is 1. The molecule has 0 aromatic heterocycles. The van der Waals surface area contributed by atoms with E-state index < -0.39 is 18.5 Å². The van der Waals surface area contributed by atoms with Gasteiger partial charge in [0.25, 0.3) is 5.91 Å². The van der Waals surface area contributed by atoms with Gasteiger partial charge in [0.15, 0.2) is 6.61 Å². The van der Waals surface area contributed by atoms with Crippen LogP contribution in [0.25, 0.3) is 0 Å². The van der Waals surface area contributed by atoms with Crippen molar-refractivity contribution >= 4 is 34.0 Å². The molecule has 2 rings (SSSR count). The fourth-order valence-electron chi connectivity index (χ4n) is 1.71. The molecule has 0 spiro atoms. The second-order valence-corrected chi connectivity index (χ2v) is 5.53. The van der Waals surface area contributed by atoms with Gasteiger partial charge in [-0.1, -0.05) is 15.9 Å². The van der Waals surface area contributed by atoms with E-state index in [0.717, 1.165) is 0 Å². The van der Waals surface area contributed by atoms with Crippen LogP contribution in [-0.2, 0) is 4.79 Å². The Morgan fingerprint density at radius 2 is 1.92 bits per heavy atom. The third kappa shape index (κ3) is 5.10. The highest BCUT2D eigenvalue weighted by Crippen LogP contribution is 2.21. The zero-order valence-electron chi connectivity index (χ0n) is 12.3. The van der Waals surface area contributed by atoms with E-state index in [4.69, 9.17) is 9.84 Å². The zero-order chi connectivity index (χ0) is 17.5. The number of amides is 1. The summed E-state index contributed by atoms with van der Waals surface area (Å²) in [4.78, 5) is 22.3. The number of aromatic hydroxyl groups is 1. The summed E-state index contributed by atoms with van der Waals surface area (Å²) in [5, 5.41) is 22.0. The quantitative estimate of drug-likeness (QED) is 0.516. The molecule has 0 heterocycles. The normalized spacial score (nSPS) is 10.5. The highest BCUT2D eigenvalue weighted by Gasteiger charge is 2.10. The molecule has 24 heavy (non-hydrogen) atoms. The van der Waals surface area contributed by atoms with Crippen molar-refractivity contribution in [3.05, 3.63) is 58.1 Å². The molecule has 1 amide bonds. The van der Waals surface area contributed by atoms with Crippen molar-refractivity contribution in [3.8, 4) is 11.5 Å². The van der Waals surface area contributed by atoms with Crippen molar-refractivity contribution in [1.29, 1.82) is 0 Å². The number of carboxylic acids is 1. The third-order valence-electron chi connectivity index (χ3n) is 2.83. The van der Waals surface area contributed by atoms with E-state index in [9.17, 15) is 14.7 Å². The maximum absolute atomic E-state index is 11.9. The second-order valence-electron chi connectivity index (χ2n) is 4.61. The number of hydrazone groups is 1. The lowest BCUT2D eigenvalue weighted by Crippen LogP contribution is -2.17. The molecular formula is C16H13BrN2O5. The minimum absolute atomic E-state index is 0.0962. The first-order valence-electron chi connectivity index (χ1n) is 6.72. The molecule has 0 bridgehead atoms. The van der Waals surface area contributed by atoms with Crippen LogP contribution in [0.1, 0.15) is 15.9 Å². The summed E-state index contributed by atoms with van der Waals surface area (Å²) in [6, 6.07) is 11.0. The van der Waals surface area contributed by atoms with E-state index >= 15 is 0 Å². The molecule has 0 aliphatic carbocycles. The van der Waals surface area contributed by atoms with E-state index in [1.165, 1.54) is 18.3 Å².